The number of likely N-dealkylation sites (tertiary alicyclic amines) is 1. The first-order chi connectivity index (χ1) is 12.1. The summed E-state index contributed by atoms with van der Waals surface area (Å²) in [6, 6.07) is 0.228. The molecule has 1 atom stereocenters. The van der Waals surface area contributed by atoms with Crippen molar-refractivity contribution in [2.24, 2.45) is 12.0 Å². The van der Waals surface area contributed by atoms with E-state index in [9.17, 15) is 0 Å². The van der Waals surface area contributed by atoms with Gasteiger partial charge in [0.2, 0.25) is 0 Å². The SMILES string of the molecule is CCNC(=NCC(c1cnn(C)c1)N(C)C)NCCN1CCCCC1. The molecule has 0 aliphatic carbocycles. The Labute approximate surface area is 152 Å². The smallest absolute Gasteiger partial charge is 0.191 e. The summed E-state index contributed by atoms with van der Waals surface area (Å²) in [5.74, 6) is 0.898. The summed E-state index contributed by atoms with van der Waals surface area (Å²) in [4.78, 5) is 9.53. The van der Waals surface area contributed by atoms with Crippen molar-refractivity contribution in [2.75, 3.05) is 53.4 Å². The molecule has 1 fully saturated rings. The molecule has 0 amide bonds. The fraction of sp³-hybridized carbons (Fsp3) is 0.778. The van der Waals surface area contributed by atoms with E-state index in [2.05, 4.69) is 52.7 Å². The third kappa shape index (κ3) is 6.66. The summed E-state index contributed by atoms with van der Waals surface area (Å²) in [5, 5.41) is 11.1. The quantitative estimate of drug-likeness (QED) is 0.543. The molecule has 7 heteroatoms. The molecule has 1 aliphatic heterocycles. The van der Waals surface area contributed by atoms with Crippen LogP contribution in [0.4, 0.5) is 0 Å². The zero-order valence-electron chi connectivity index (χ0n) is 16.3. The highest BCUT2D eigenvalue weighted by molar-refractivity contribution is 5.79. The van der Waals surface area contributed by atoms with Crippen molar-refractivity contribution < 1.29 is 0 Å². The Morgan fingerprint density at radius 2 is 2.04 bits per heavy atom. The second kappa shape index (κ2) is 10.4. The Morgan fingerprint density at radius 3 is 2.64 bits per heavy atom. The summed E-state index contributed by atoms with van der Waals surface area (Å²) in [6.45, 7) is 8.17. The number of likely N-dealkylation sites (N-methyl/N-ethyl adjacent to an activating group) is 1. The topological polar surface area (TPSA) is 60.7 Å². The average molecular weight is 350 g/mol. The third-order valence-electron chi connectivity index (χ3n) is 4.67. The predicted molar refractivity (Wildman–Crippen MR) is 104 cm³/mol. The van der Waals surface area contributed by atoms with Gasteiger partial charge in [-0.1, -0.05) is 6.42 Å². The van der Waals surface area contributed by atoms with Crippen molar-refractivity contribution in [3.63, 3.8) is 0 Å². The van der Waals surface area contributed by atoms with Crippen LogP contribution in [0.3, 0.4) is 0 Å². The highest BCUT2D eigenvalue weighted by Gasteiger charge is 2.16. The van der Waals surface area contributed by atoms with Crippen LogP contribution in [0.5, 0.6) is 0 Å². The number of aromatic nitrogens is 2. The van der Waals surface area contributed by atoms with E-state index in [1.54, 1.807) is 0 Å². The summed E-state index contributed by atoms with van der Waals surface area (Å²) in [7, 11) is 6.12. The molecule has 2 N–H and O–H groups in total. The molecule has 0 aromatic carbocycles. The summed E-state index contributed by atoms with van der Waals surface area (Å²) >= 11 is 0. The predicted octanol–water partition coefficient (Wildman–Crippen LogP) is 1.06. The van der Waals surface area contributed by atoms with Crippen molar-refractivity contribution in [1.82, 2.24) is 30.2 Å². The van der Waals surface area contributed by atoms with Crippen molar-refractivity contribution in [3.8, 4) is 0 Å². The number of hydrogen-bond donors (Lipinski definition) is 2. The van der Waals surface area contributed by atoms with Gasteiger partial charge in [0.25, 0.3) is 0 Å². The molecule has 25 heavy (non-hydrogen) atoms. The maximum Gasteiger partial charge on any atom is 0.191 e. The van der Waals surface area contributed by atoms with Crippen LogP contribution in [0.15, 0.2) is 17.4 Å². The van der Waals surface area contributed by atoms with Crippen molar-refractivity contribution in [3.05, 3.63) is 18.0 Å². The van der Waals surface area contributed by atoms with E-state index >= 15 is 0 Å². The van der Waals surface area contributed by atoms with Gasteiger partial charge in [0, 0.05) is 38.4 Å². The molecule has 2 rings (SSSR count). The lowest BCUT2D eigenvalue weighted by Gasteiger charge is -2.26. The Hall–Kier alpha value is -1.60. The largest absolute Gasteiger partial charge is 0.357 e. The molecule has 2 heterocycles. The van der Waals surface area contributed by atoms with Crippen LogP contribution in [0.2, 0.25) is 0 Å². The molecule has 1 unspecified atom stereocenters. The Kier molecular flexibility index (Phi) is 8.21. The number of guanidine groups is 1. The first kappa shape index (κ1) is 19.7. The van der Waals surface area contributed by atoms with E-state index in [1.807, 2.05) is 17.9 Å². The number of piperidine rings is 1. The lowest BCUT2D eigenvalue weighted by atomic mass is 10.1. The molecule has 1 aliphatic rings. The van der Waals surface area contributed by atoms with Crippen molar-refractivity contribution in [1.29, 1.82) is 0 Å². The van der Waals surface area contributed by atoms with Gasteiger partial charge in [-0.05, 0) is 47.0 Å². The molecule has 1 aromatic rings. The Morgan fingerprint density at radius 1 is 1.28 bits per heavy atom. The van der Waals surface area contributed by atoms with E-state index in [4.69, 9.17) is 4.99 Å². The van der Waals surface area contributed by atoms with E-state index < -0.39 is 0 Å². The van der Waals surface area contributed by atoms with E-state index in [0.29, 0.717) is 6.54 Å². The first-order valence-corrected chi connectivity index (χ1v) is 9.49. The van der Waals surface area contributed by atoms with Crippen LogP contribution in [-0.4, -0.2) is 78.9 Å². The van der Waals surface area contributed by atoms with Crippen LogP contribution in [0.1, 0.15) is 37.8 Å². The van der Waals surface area contributed by atoms with Crippen LogP contribution >= 0.6 is 0 Å². The summed E-state index contributed by atoms with van der Waals surface area (Å²) in [5.41, 5.74) is 1.19. The fourth-order valence-electron chi connectivity index (χ4n) is 3.21. The number of nitrogens with one attached hydrogen (secondary N) is 2. The molecule has 0 bridgehead atoms. The van der Waals surface area contributed by atoms with E-state index in [1.165, 1.54) is 37.9 Å². The normalized spacial score (nSPS) is 17.7. The van der Waals surface area contributed by atoms with Crippen LogP contribution in [-0.2, 0) is 7.05 Å². The maximum absolute atomic E-state index is 4.80. The number of hydrogen-bond acceptors (Lipinski definition) is 4. The monoisotopic (exact) mass is 349 g/mol. The second-order valence-electron chi connectivity index (χ2n) is 6.98. The molecule has 0 spiro atoms. The van der Waals surface area contributed by atoms with Crippen molar-refractivity contribution in [2.45, 2.75) is 32.2 Å². The lowest BCUT2D eigenvalue weighted by Crippen LogP contribution is -2.43. The summed E-state index contributed by atoms with van der Waals surface area (Å²) in [6.07, 6.45) is 8.05. The van der Waals surface area contributed by atoms with Crippen LogP contribution < -0.4 is 10.6 Å². The van der Waals surface area contributed by atoms with E-state index in [-0.39, 0.29) is 6.04 Å². The highest BCUT2D eigenvalue weighted by Crippen LogP contribution is 2.17. The molecular weight excluding hydrogens is 314 g/mol. The minimum absolute atomic E-state index is 0.228. The number of rotatable bonds is 8. The van der Waals surface area contributed by atoms with Gasteiger partial charge in [0.05, 0.1) is 18.8 Å². The lowest BCUT2D eigenvalue weighted by molar-refractivity contribution is 0.232. The van der Waals surface area contributed by atoms with Gasteiger partial charge >= 0.3 is 0 Å². The van der Waals surface area contributed by atoms with Gasteiger partial charge in [-0.15, -0.1) is 0 Å². The molecule has 142 valence electrons. The Bertz CT molecular complexity index is 517. The first-order valence-electron chi connectivity index (χ1n) is 9.49. The minimum atomic E-state index is 0.228. The molecule has 1 saturated heterocycles. The van der Waals surface area contributed by atoms with Gasteiger partial charge in [0.1, 0.15) is 0 Å². The van der Waals surface area contributed by atoms with Gasteiger partial charge in [-0.2, -0.15) is 5.10 Å². The highest BCUT2D eigenvalue weighted by atomic mass is 15.3. The molecule has 0 radical (unpaired) electrons. The average Bonchev–Trinajstić information content (AvgIpc) is 3.02. The maximum atomic E-state index is 4.80. The molecular formula is C18H35N7. The minimum Gasteiger partial charge on any atom is -0.357 e. The third-order valence-corrected chi connectivity index (χ3v) is 4.67. The number of aliphatic imine (C=N–C) groups is 1. The second-order valence-corrected chi connectivity index (χ2v) is 6.98. The summed E-state index contributed by atoms with van der Waals surface area (Å²) < 4.78 is 1.84. The van der Waals surface area contributed by atoms with Crippen molar-refractivity contribution >= 4 is 5.96 Å². The Balaban J connectivity index is 1.87. The van der Waals surface area contributed by atoms with Gasteiger partial charge in [0.15, 0.2) is 5.96 Å². The van der Waals surface area contributed by atoms with Gasteiger partial charge in [-0.25, -0.2) is 0 Å². The van der Waals surface area contributed by atoms with Gasteiger partial charge < -0.3 is 20.4 Å². The van der Waals surface area contributed by atoms with Gasteiger partial charge in [-0.3, -0.25) is 9.67 Å². The number of nitrogens with zero attached hydrogens (tertiary/aromatic N) is 5. The zero-order chi connectivity index (χ0) is 18.1. The van der Waals surface area contributed by atoms with E-state index in [0.717, 1.165) is 25.6 Å². The number of aryl methyl sites for hydroxylation is 1. The molecule has 7 nitrogen and oxygen atoms in total. The van der Waals surface area contributed by atoms with Crippen LogP contribution in [0, 0.1) is 0 Å². The standard InChI is InChI=1S/C18H35N7/c1-5-19-18(20-9-12-25-10-7-6-8-11-25)21-14-17(23(2)3)16-13-22-24(4)15-16/h13,15,17H,5-12,14H2,1-4H3,(H2,19,20,21). The van der Waals surface area contributed by atoms with Crippen LogP contribution in [0.25, 0.3) is 0 Å². The molecule has 0 saturated carbocycles. The fourth-order valence-corrected chi connectivity index (χ4v) is 3.21. The molecule has 1 aromatic heterocycles. The zero-order valence-corrected chi connectivity index (χ0v) is 16.3.